The summed E-state index contributed by atoms with van der Waals surface area (Å²) in [5.74, 6) is 1.14. The van der Waals surface area contributed by atoms with Gasteiger partial charge in [0.15, 0.2) is 10.1 Å². The third-order valence-electron chi connectivity index (χ3n) is 7.34. The first-order valence-corrected chi connectivity index (χ1v) is 14.3. The maximum atomic E-state index is 13.7. The number of thiazole rings is 1. The zero-order chi connectivity index (χ0) is 29.5. The van der Waals surface area contributed by atoms with Gasteiger partial charge >= 0.3 is 5.69 Å². The first kappa shape index (κ1) is 27.6. The van der Waals surface area contributed by atoms with Crippen LogP contribution in [0.4, 0.5) is 11.5 Å². The van der Waals surface area contributed by atoms with Gasteiger partial charge in [0.2, 0.25) is 0 Å². The van der Waals surface area contributed by atoms with Crippen molar-refractivity contribution in [1.82, 2.24) is 19.1 Å². The lowest BCUT2D eigenvalue weighted by atomic mass is 9.96. The maximum absolute atomic E-state index is 13.7. The Balaban J connectivity index is 1.57. The molecule has 0 unspecified atom stereocenters. The molecule has 0 spiro atoms. The van der Waals surface area contributed by atoms with Crippen LogP contribution in [-0.2, 0) is 27.2 Å². The van der Waals surface area contributed by atoms with E-state index in [1.165, 1.54) is 23.0 Å². The number of nitrogens with zero attached hydrogens (tertiary/aromatic N) is 5. The Labute approximate surface area is 250 Å². The molecule has 11 heteroatoms. The summed E-state index contributed by atoms with van der Waals surface area (Å²) in [7, 11) is 4.98. The van der Waals surface area contributed by atoms with Crippen molar-refractivity contribution in [1.29, 1.82) is 0 Å². The summed E-state index contributed by atoms with van der Waals surface area (Å²) in [5, 5.41) is 2.50. The normalized spacial score (nSPS) is 11.4. The number of halogens is 1. The Hall–Kier alpha value is -4.51. The molecule has 0 radical (unpaired) electrons. The van der Waals surface area contributed by atoms with Crippen molar-refractivity contribution >= 4 is 56.2 Å². The van der Waals surface area contributed by atoms with Crippen LogP contribution in [0.2, 0.25) is 4.47 Å². The van der Waals surface area contributed by atoms with Gasteiger partial charge in [-0.25, -0.2) is 14.8 Å². The number of aryl methyl sites for hydroxylation is 1. The van der Waals surface area contributed by atoms with Crippen LogP contribution < -0.4 is 26.6 Å². The number of hydrogen-bond acceptors (Lipinski definition) is 8. The third kappa shape index (κ3) is 4.83. The minimum atomic E-state index is -0.467. The molecule has 0 saturated carbocycles. The molecule has 0 atom stereocenters. The molecular formula is C31H27ClN6O3S. The van der Waals surface area contributed by atoms with Crippen molar-refractivity contribution in [2.75, 3.05) is 11.9 Å². The van der Waals surface area contributed by atoms with Gasteiger partial charge in [-0.1, -0.05) is 54.1 Å². The summed E-state index contributed by atoms with van der Waals surface area (Å²) in [6, 6.07) is 21.7. The fourth-order valence-corrected chi connectivity index (χ4v) is 6.05. The van der Waals surface area contributed by atoms with Gasteiger partial charge in [-0.15, -0.1) is 11.3 Å². The number of rotatable bonds is 7. The molecular weight excluding hydrogens is 572 g/mol. The fourth-order valence-electron chi connectivity index (χ4n) is 5.16. The molecule has 3 aromatic heterocycles. The minimum absolute atomic E-state index is 0.0992. The predicted octanol–water partition coefficient (Wildman–Crippen LogP) is 5.37. The van der Waals surface area contributed by atoms with Crippen molar-refractivity contribution in [3.05, 3.63) is 109 Å². The smallest absolute Gasteiger partial charge is 0.332 e. The van der Waals surface area contributed by atoms with E-state index in [1.807, 2.05) is 60.5 Å². The van der Waals surface area contributed by atoms with Gasteiger partial charge in [-0.3, -0.25) is 13.9 Å². The zero-order valence-electron chi connectivity index (χ0n) is 23.2. The monoisotopic (exact) mass is 598 g/mol. The number of ether oxygens (including phenoxy) is 1. The quantitative estimate of drug-likeness (QED) is 0.263. The summed E-state index contributed by atoms with van der Waals surface area (Å²) in [4.78, 5) is 38.4. The first-order chi connectivity index (χ1) is 20.3. The van der Waals surface area contributed by atoms with Gasteiger partial charge in [-0.05, 0) is 40.6 Å². The molecule has 0 amide bonds. The standard InChI is InChI=1S/C31H27ClN6O3S/c1-36(21-12-11-18-7-4-5-8-19(18)13-21)27-24(15-33)25(26-28(35-27)37(2)31(40)38(3)29(26)39)20-9-6-10-22(14-20)41-17-23-16-34-30(32)42-23/h4-14,16H,15,17,33H2,1-3H3. The van der Waals surface area contributed by atoms with Crippen molar-refractivity contribution in [2.24, 2.45) is 19.8 Å². The van der Waals surface area contributed by atoms with Gasteiger partial charge in [0.25, 0.3) is 5.56 Å². The highest BCUT2D eigenvalue weighted by Crippen LogP contribution is 2.38. The lowest BCUT2D eigenvalue weighted by Gasteiger charge is -2.25. The second kappa shape index (κ2) is 11.1. The average Bonchev–Trinajstić information content (AvgIpc) is 3.45. The van der Waals surface area contributed by atoms with E-state index in [0.717, 1.165) is 25.9 Å². The van der Waals surface area contributed by atoms with Gasteiger partial charge in [0.1, 0.15) is 18.2 Å². The third-order valence-corrected chi connectivity index (χ3v) is 8.43. The Morgan fingerprint density at radius 1 is 1.00 bits per heavy atom. The molecule has 3 aromatic carbocycles. The molecule has 0 aliphatic rings. The van der Waals surface area contributed by atoms with Gasteiger partial charge in [-0.2, -0.15) is 0 Å². The zero-order valence-corrected chi connectivity index (χ0v) is 24.7. The Morgan fingerprint density at radius 3 is 2.52 bits per heavy atom. The lowest BCUT2D eigenvalue weighted by molar-refractivity contribution is 0.309. The Morgan fingerprint density at radius 2 is 1.79 bits per heavy atom. The molecule has 0 aliphatic heterocycles. The van der Waals surface area contributed by atoms with Crippen LogP contribution in [-0.4, -0.2) is 26.1 Å². The highest BCUT2D eigenvalue weighted by atomic mass is 35.5. The number of fused-ring (bicyclic) bond motifs is 2. The van der Waals surface area contributed by atoms with Crippen LogP contribution in [0.25, 0.3) is 32.9 Å². The molecule has 3 heterocycles. The molecule has 212 valence electrons. The maximum Gasteiger partial charge on any atom is 0.332 e. The van der Waals surface area contributed by atoms with Gasteiger partial charge < -0.3 is 15.4 Å². The number of benzene rings is 3. The van der Waals surface area contributed by atoms with E-state index in [-0.39, 0.29) is 12.2 Å². The van der Waals surface area contributed by atoms with E-state index in [1.54, 1.807) is 13.2 Å². The van der Waals surface area contributed by atoms with Crippen molar-refractivity contribution in [3.63, 3.8) is 0 Å². The summed E-state index contributed by atoms with van der Waals surface area (Å²) in [5.41, 5.74) is 8.65. The van der Waals surface area contributed by atoms with Crippen LogP contribution in [0, 0.1) is 0 Å². The SMILES string of the molecule is CN(c1ccc2ccccc2c1)c1nc2c(c(-c3cccc(OCc4cnc(Cl)s4)c3)c1CN)c(=O)n(C)c(=O)n2C. The summed E-state index contributed by atoms with van der Waals surface area (Å²) >= 11 is 7.32. The summed E-state index contributed by atoms with van der Waals surface area (Å²) < 4.78 is 8.99. The number of aromatic nitrogens is 4. The highest BCUT2D eigenvalue weighted by Gasteiger charge is 2.24. The number of nitrogens with two attached hydrogens (primary N) is 1. The molecule has 0 fully saturated rings. The average molecular weight is 599 g/mol. The van der Waals surface area contributed by atoms with Crippen molar-refractivity contribution < 1.29 is 4.74 Å². The number of hydrogen-bond donors (Lipinski definition) is 1. The van der Waals surface area contributed by atoms with Crippen LogP contribution in [0.5, 0.6) is 5.75 Å². The van der Waals surface area contributed by atoms with E-state index >= 15 is 0 Å². The second-order valence-electron chi connectivity index (χ2n) is 9.88. The predicted molar refractivity (Wildman–Crippen MR) is 169 cm³/mol. The first-order valence-electron chi connectivity index (χ1n) is 13.2. The second-order valence-corrected chi connectivity index (χ2v) is 11.6. The van der Waals surface area contributed by atoms with Gasteiger partial charge in [0, 0.05) is 50.7 Å². The molecule has 42 heavy (non-hydrogen) atoms. The number of anilines is 2. The number of pyridine rings is 1. The molecule has 0 saturated heterocycles. The molecule has 0 aliphatic carbocycles. The van der Waals surface area contributed by atoms with Crippen molar-refractivity contribution in [3.8, 4) is 16.9 Å². The summed E-state index contributed by atoms with van der Waals surface area (Å²) in [6.07, 6.45) is 1.68. The summed E-state index contributed by atoms with van der Waals surface area (Å²) in [6.45, 7) is 0.392. The van der Waals surface area contributed by atoms with E-state index in [9.17, 15) is 9.59 Å². The Kier molecular flexibility index (Phi) is 7.28. The minimum Gasteiger partial charge on any atom is -0.488 e. The molecule has 0 bridgehead atoms. The van der Waals surface area contributed by atoms with Gasteiger partial charge in [0.05, 0.1) is 10.3 Å². The van der Waals surface area contributed by atoms with Crippen LogP contribution in [0.1, 0.15) is 10.4 Å². The molecule has 2 N–H and O–H groups in total. The lowest BCUT2D eigenvalue weighted by Crippen LogP contribution is -2.38. The molecule has 9 nitrogen and oxygen atoms in total. The van der Waals surface area contributed by atoms with Crippen LogP contribution in [0.3, 0.4) is 0 Å². The van der Waals surface area contributed by atoms with E-state index in [0.29, 0.717) is 44.7 Å². The Bertz CT molecular complexity index is 2100. The largest absolute Gasteiger partial charge is 0.488 e. The highest BCUT2D eigenvalue weighted by molar-refractivity contribution is 7.15. The topological polar surface area (TPSA) is 108 Å². The van der Waals surface area contributed by atoms with E-state index < -0.39 is 11.2 Å². The van der Waals surface area contributed by atoms with Crippen LogP contribution in [0.15, 0.2) is 82.5 Å². The molecule has 6 aromatic rings. The fraction of sp³-hybridized carbons (Fsp3) is 0.161. The van der Waals surface area contributed by atoms with E-state index in [4.69, 9.17) is 27.1 Å². The van der Waals surface area contributed by atoms with E-state index in [2.05, 4.69) is 23.2 Å². The molecule has 6 rings (SSSR count). The van der Waals surface area contributed by atoms with Crippen molar-refractivity contribution in [2.45, 2.75) is 13.2 Å². The van der Waals surface area contributed by atoms with Crippen LogP contribution >= 0.6 is 22.9 Å².